The average Bonchev–Trinajstić information content (AvgIpc) is 2.86. The molecule has 1 unspecified atom stereocenters. The van der Waals surface area contributed by atoms with Crippen LogP contribution in [0.15, 0.2) is 30.5 Å². The van der Waals surface area contributed by atoms with Crippen molar-refractivity contribution < 1.29 is 0 Å². The van der Waals surface area contributed by atoms with Crippen molar-refractivity contribution in [2.45, 2.75) is 32.4 Å². The monoisotopic (exact) mass is 255 g/mol. The summed E-state index contributed by atoms with van der Waals surface area (Å²) >= 11 is 0. The Morgan fingerprint density at radius 3 is 2.79 bits per heavy atom. The van der Waals surface area contributed by atoms with Crippen LogP contribution in [-0.2, 0) is 6.54 Å². The van der Waals surface area contributed by atoms with E-state index in [-0.39, 0.29) is 0 Å². The van der Waals surface area contributed by atoms with Gasteiger partial charge in [-0.05, 0) is 37.8 Å². The molecule has 1 fully saturated rings. The number of nitrogens with one attached hydrogen (secondary N) is 1. The summed E-state index contributed by atoms with van der Waals surface area (Å²) in [6.45, 7) is 4.29. The van der Waals surface area contributed by atoms with E-state index < -0.39 is 0 Å². The molecule has 19 heavy (non-hydrogen) atoms. The summed E-state index contributed by atoms with van der Waals surface area (Å²) in [5.41, 5.74) is 1.27. The van der Waals surface area contributed by atoms with Crippen LogP contribution in [0.5, 0.6) is 0 Å². The molecule has 3 nitrogen and oxygen atoms in total. The van der Waals surface area contributed by atoms with Gasteiger partial charge in [0.25, 0.3) is 0 Å². The van der Waals surface area contributed by atoms with Crippen molar-refractivity contribution in [2.75, 3.05) is 18.5 Å². The van der Waals surface area contributed by atoms with Gasteiger partial charge in [-0.1, -0.05) is 24.3 Å². The molecule has 1 N–H and O–H groups in total. The summed E-state index contributed by atoms with van der Waals surface area (Å²) in [5.74, 6) is 1.15. The lowest BCUT2D eigenvalue weighted by molar-refractivity contribution is 0.728. The molecule has 2 heterocycles. The van der Waals surface area contributed by atoms with Gasteiger partial charge in [-0.2, -0.15) is 0 Å². The number of hydrogen-bond acceptors (Lipinski definition) is 3. The lowest BCUT2D eigenvalue weighted by Gasteiger charge is -2.24. The highest BCUT2D eigenvalue weighted by atomic mass is 15.2. The second-order valence-corrected chi connectivity index (χ2v) is 5.37. The minimum atomic E-state index is 0.603. The zero-order chi connectivity index (χ0) is 13.2. The number of anilines is 1. The first-order chi connectivity index (χ1) is 9.31. The molecule has 1 atom stereocenters. The summed E-state index contributed by atoms with van der Waals surface area (Å²) < 4.78 is 0. The topological polar surface area (TPSA) is 28.2 Å². The molecule has 0 spiro atoms. The fourth-order valence-electron chi connectivity index (χ4n) is 3.04. The summed E-state index contributed by atoms with van der Waals surface area (Å²) in [5, 5.41) is 5.82. The largest absolute Gasteiger partial charge is 0.353 e. The highest BCUT2D eigenvalue weighted by Crippen LogP contribution is 2.31. The van der Waals surface area contributed by atoms with Gasteiger partial charge in [0.1, 0.15) is 5.82 Å². The van der Waals surface area contributed by atoms with E-state index in [2.05, 4.69) is 41.4 Å². The van der Waals surface area contributed by atoms with E-state index in [1.165, 1.54) is 29.2 Å². The van der Waals surface area contributed by atoms with Gasteiger partial charge in [0.15, 0.2) is 0 Å². The molecule has 1 aromatic heterocycles. The van der Waals surface area contributed by atoms with Crippen LogP contribution in [0.4, 0.5) is 5.82 Å². The third-order valence-corrected chi connectivity index (χ3v) is 4.05. The molecular formula is C16H21N3. The van der Waals surface area contributed by atoms with Crippen LogP contribution in [0.25, 0.3) is 10.8 Å². The van der Waals surface area contributed by atoms with Gasteiger partial charge in [0.2, 0.25) is 0 Å². The molecule has 1 saturated heterocycles. The maximum Gasteiger partial charge on any atom is 0.136 e. The Kier molecular flexibility index (Phi) is 3.38. The van der Waals surface area contributed by atoms with Gasteiger partial charge < -0.3 is 10.2 Å². The van der Waals surface area contributed by atoms with Crippen LogP contribution in [0.2, 0.25) is 0 Å². The first-order valence-corrected chi connectivity index (χ1v) is 7.09. The fourth-order valence-corrected chi connectivity index (χ4v) is 3.04. The van der Waals surface area contributed by atoms with E-state index in [1.807, 2.05) is 13.2 Å². The van der Waals surface area contributed by atoms with E-state index in [1.54, 1.807) is 0 Å². The minimum Gasteiger partial charge on any atom is -0.353 e. The van der Waals surface area contributed by atoms with E-state index >= 15 is 0 Å². The van der Waals surface area contributed by atoms with E-state index in [9.17, 15) is 0 Å². The standard InChI is InChI=1S/C16H21N3/c1-12-6-5-9-19(12)16-15-8-4-3-7-14(15)13(10-17-2)11-18-16/h3-4,7-8,11-12,17H,5-6,9-10H2,1-2H3. The molecule has 0 bridgehead atoms. The minimum absolute atomic E-state index is 0.603. The molecule has 1 aromatic carbocycles. The first-order valence-electron chi connectivity index (χ1n) is 7.09. The normalized spacial score (nSPS) is 19.3. The first kappa shape index (κ1) is 12.4. The van der Waals surface area contributed by atoms with Gasteiger partial charge in [-0.25, -0.2) is 4.98 Å². The predicted molar refractivity (Wildman–Crippen MR) is 80.5 cm³/mol. The molecule has 3 heteroatoms. The van der Waals surface area contributed by atoms with Crippen molar-refractivity contribution in [3.8, 4) is 0 Å². The van der Waals surface area contributed by atoms with E-state index in [0.717, 1.165) is 18.9 Å². The van der Waals surface area contributed by atoms with Crippen molar-refractivity contribution in [1.82, 2.24) is 10.3 Å². The third kappa shape index (κ3) is 2.19. The van der Waals surface area contributed by atoms with E-state index in [0.29, 0.717) is 6.04 Å². The highest BCUT2D eigenvalue weighted by Gasteiger charge is 2.23. The highest BCUT2D eigenvalue weighted by molar-refractivity contribution is 5.94. The SMILES string of the molecule is CNCc1cnc(N2CCCC2C)c2ccccc12. The van der Waals surface area contributed by atoms with Crippen LogP contribution < -0.4 is 10.2 Å². The van der Waals surface area contributed by atoms with Crippen molar-refractivity contribution >= 4 is 16.6 Å². The maximum atomic E-state index is 4.74. The summed E-state index contributed by atoms with van der Waals surface area (Å²) in [6, 6.07) is 9.22. The average molecular weight is 255 g/mol. The Bertz CT molecular complexity index is 579. The lowest BCUT2D eigenvalue weighted by Crippen LogP contribution is -2.27. The second-order valence-electron chi connectivity index (χ2n) is 5.37. The lowest BCUT2D eigenvalue weighted by atomic mass is 10.1. The smallest absolute Gasteiger partial charge is 0.136 e. The summed E-state index contributed by atoms with van der Waals surface area (Å²) in [4.78, 5) is 7.19. The third-order valence-electron chi connectivity index (χ3n) is 4.05. The molecule has 2 aromatic rings. The number of nitrogens with zero attached hydrogens (tertiary/aromatic N) is 2. The molecule has 0 radical (unpaired) electrons. The molecular weight excluding hydrogens is 234 g/mol. The molecule has 0 saturated carbocycles. The van der Waals surface area contributed by atoms with Gasteiger partial charge in [-0.3, -0.25) is 0 Å². The van der Waals surface area contributed by atoms with Gasteiger partial charge in [0.05, 0.1) is 0 Å². The Hall–Kier alpha value is -1.61. The molecule has 1 aliphatic rings. The number of pyridine rings is 1. The van der Waals surface area contributed by atoms with Crippen molar-refractivity contribution in [1.29, 1.82) is 0 Å². The van der Waals surface area contributed by atoms with E-state index in [4.69, 9.17) is 4.98 Å². The van der Waals surface area contributed by atoms with Crippen LogP contribution in [0.1, 0.15) is 25.3 Å². The molecule has 3 rings (SSSR count). The number of rotatable bonds is 3. The van der Waals surface area contributed by atoms with Crippen molar-refractivity contribution in [2.24, 2.45) is 0 Å². The number of benzene rings is 1. The summed E-state index contributed by atoms with van der Waals surface area (Å²) in [6.07, 6.45) is 4.57. The molecule has 100 valence electrons. The Labute approximate surface area is 114 Å². The molecule has 0 amide bonds. The van der Waals surface area contributed by atoms with Gasteiger partial charge in [0, 0.05) is 30.7 Å². The maximum absolute atomic E-state index is 4.74. The molecule has 0 aliphatic carbocycles. The van der Waals surface area contributed by atoms with Crippen LogP contribution in [0.3, 0.4) is 0 Å². The Morgan fingerprint density at radius 1 is 1.32 bits per heavy atom. The van der Waals surface area contributed by atoms with Crippen molar-refractivity contribution in [3.05, 3.63) is 36.0 Å². The fraction of sp³-hybridized carbons (Fsp3) is 0.438. The van der Waals surface area contributed by atoms with Gasteiger partial charge >= 0.3 is 0 Å². The number of fused-ring (bicyclic) bond motifs is 1. The second kappa shape index (κ2) is 5.17. The quantitative estimate of drug-likeness (QED) is 0.914. The van der Waals surface area contributed by atoms with Gasteiger partial charge in [-0.15, -0.1) is 0 Å². The zero-order valence-electron chi connectivity index (χ0n) is 11.7. The Morgan fingerprint density at radius 2 is 2.11 bits per heavy atom. The zero-order valence-corrected chi connectivity index (χ0v) is 11.7. The van der Waals surface area contributed by atoms with Crippen LogP contribution >= 0.6 is 0 Å². The van der Waals surface area contributed by atoms with Crippen molar-refractivity contribution in [3.63, 3.8) is 0 Å². The predicted octanol–water partition coefficient (Wildman–Crippen LogP) is 2.94. The van der Waals surface area contributed by atoms with Crippen LogP contribution in [0, 0.1) is 0 Å². The molecule has 1 aliphatic heterocycles. The van der Waals surface area contributed by atoms with Crippen LogP contribution in [-0.4, -0.2) is 24.6 Å². The number of aromatic nitrogens is 1. The Balaban J connectivity index is 2.13. The number of hydrogen-bond donors (Lipinski definition) is 1. The summed E-state index contributed by atoms with van der Waals surface area (Å²) in [7, 11) is 1.98.